The van der Waals surface area contributed by atoms with E-state index in [0.717, 1.165) is 37.3 Å². The maximum atomic E-state index is 14.8. The first-order chi connectivity index (χ1) is 14.0. The van der Waals surface area contributed by atoms with Gasteiger partial charge in [0.25, 0.3) is 0 Å². The highest BCUT2D eigenvalue weighted by atomic mass is 19.1. The molecule has 5 nitrogen and oxygen atoms in total. The molecule has 6 heteroatoms. The van der Waals surface area contributed by atoms with E-state index in [1.165, 1.54) is 6.07 Å². The molecule has 1 fully saturated rings. The molecule has 152 valence electrons. The van der Waals surface area contributed by atoms with E-state index < -0.39 is 0 Å². The minimum Gasteiger partial charge on any atom is -0.497 e. The highest BCUT2D eigenvalue weighted by molar-refractivity contribution is 5.65. The number of halogens is 1. The topological polar surface area (TPSA) is 33.5 Å². The van der Waals surface area contributed by atoms with Gasteiger partial charge in [0.05, 0.1) is 12.8 Å². The monoisotopic (exact) mass is 394 g/mol. The number of nitrogens with zero attached hydrogens (tertiary/aromatic N) is 4. The maximum Gasteiger partial charge on any atom is 0.136 e. The summed E-state index contributed by atoms with van der Waals surface area (Å²) in [5.41, 5.74) is 3.17. The van der Waals surface area contributed by atoms with Gasteiger partial charge in [0.1, 0.15) is 17.3 Å². The second-order valence-corrected chi connectivity index (χ2v) is 7.77. The first-order valence-corrected chi connectivity index (χ1v) is 9.92. The molecule has 2 heterocycles. The summed E-state index contributed by atoms with van der Waals surface area (Å²) in [6.45, 7) is 2.79. The zero-order valence-electron chi connectivity index (χ0n) is 17.2. The van der Waals surface area contributed by atoms with Crippen LogP contribution in [0.5, 0.6) is 5.75 Å². The Morgan fingerprint density at radius 2 is 1.97 bits per heavy atom. The molecule has 4 rings (SSSR count). The molecule has 0 aliphatic carbocycles. The van der Waals surface area contributed by atoms with Gasteiger partial charge in [-0.15, -0.1) is 0 Å². The third-order valence-electron chi connectivity index (χ3n) is 5.61. The predicted octanol–water partition coefficient (Wildman–Crippen LogP) is 3.82. The van der Waals surface area contributed by atoms with Crippen LogP contribution in [0.15, 0.2) is 54.7 Å². The fraction of sp³-hybridized carbons (Fsp3) is 0.348. The van der Waals surface area contributed by atoms with Crippen LogP contribution in [0.25, 0.3) is 16.9 Å². The lowest BCUT2D eigenvalue weighted by atomic mass is 10.1. The Balaban J connectivity index is 1.70. The standard InChI is InChI=1S/C23H27FN4O/c1-26(2)19-11-12-27(16-19)14-17-15-28(18-7-5-4-6-8-18)25-23(17)21-10-9-20(29-3)13-22(21)24/h4-10,13,15,19H,11-12,14,16H2,1-3H3/t19-/m0/s1. The molecule has 0 bridgehead atoms. The summed E-state index contributed by atoms with van der Waals surface area (Å²) in [5, 5.41) is 4.76. The third-order valence-corrected chi connectivity index (χ3v) is 5.61. The van der Waals surface area contributed by atoms with Crippen molar-refractivity contribution in [3.8, 4) is 22.7 Å². The van der Waals surface area contributed by atoms with E-state index in [2.05, 4.69) is 23.9 Å². The van der Waals surface area contributed by atoms with Crippen LogP contribution in [0.3, 0.4) is 0 Å². The van der Waals surface area contributed by atoms with Crippen LogP contribution >= 0.6 is 0 Å². The van der Waals surface area contributed by atoms with E-state index in [-0.39, 0.29) is 5.82 Å². The second-order valence-electron chi connectivity index (χ2n) is 7.77. The number of para-hydroxylation sites is 1. The Morgan fingerprint density at radius 1 is 1.17 bits per heavy atom. The highest BCUT2D eigenvalue weighted by Gasteiger charge is 2.26. The number of hydrogen-bond acceptors (Lipinski definition) is 4. The molecule has 0 N–H and O–H groups in total. The summed E-state index contributed by atoms with van der Waals surface area (Å²) in [4.78, 5) is 4.69. The molecule has 0 saturated carbocycles. The van der Waals surface area contributed by atoms with Crippen LogP contribution < -0.4 is 4.74 Å². The molecular formula is C23H27FN4O. The van der Waals surface area contributed by atoms with Gasteiger partial charge >= 0.3 is 0 Å². The normalized spacial score (nSPS) is 17.2. The van der Waals surface area contributed by atoms with Crippen molar-refractivity contribution in [2.45, 2.75) is 19.0 Å². The summed E-state index contributed by atoms with van der Waals surface area (Å²) in [6, 6.07) is 15.4. The summed E-state index contributed by atoms with van der Waals surface area (Å²) < 4.78 is 21.8. The van der Waals surface area contributed by atoms with Crippen LogP contribution in [0, 0.1) is 5.82 Å². The van der Waals surface area contributed by atoms with Gasteiger partial charge in [0.15, 0.2) is 0 Å². The van der Waals surface area contributed by atoms with Crippen molar-refractivity contribution < 1.29 is 9.13 Å². The first-order valence-electron chi connectivity index (χ1n) is 9.92. The number of hydrogen-bond donors (Lipinski definition) is 0. The van der Waals surface area contributed by atoms with Crippen LogP contribution in [0.1, 0.15) is 12.0 Å². The number of rotatable bonds is 6. The zero-order chi connectivity index (χ0) is 20.4. The quantitative estimate of drug-likeness (QED) is 0.636. The van der Waals surface area contributed by atoms with Crippen LogP contribution in [-0.4, -0.2) is 59.9 Å². The Bertz CT molecular complexity index is 970. The Hall–Kier alpha value is -2.70. The van der Waals surface area contributed by atoms with Crippen molar-refractivity contribution in [2.75, 3.05) is 34.3 Å². The van der Waals surface area contributed by atoms with Gasteiger partial charge in [-0.2, -0.15) is 5.10 Å². The van der Waals surface area contributed by atoms with E-state index in [0.29, 0.717) is 23.0 Å². The average molecular weight is 394 g/mol. The summed E-state index contributed by atoms with van der Waals surface area (Å²) >= 11 is 0. The molecule has 2 aromatic carbocycles. The predicted molar refractivity (Wildman–Crippen MR) is 113 cm³/mol. The summed E-state index contributed by atoms with van der Waals surface area (Å²) in [6.07, 6.45) is 3.17. The summed E-state index contributed by atoms with van der Waals surface area (Å²) in [7, 11) is 5.79. The molecule has 1 aliphatic rings. The molecule has 0 radical (unpaired) electrons. The molecule has 1 aliphatic heterocycles. The van der Waals surface area contributed by atoms with Gasteiger partial charge in [-0.1, -0.05) is 18.2 Å². The Morgan fingerprint density at radius 3 is 2.62 bits per heavy atom. The van der Waals surface area contributed by atoms with Crippen molar-refractivity contribution in [1.82, 2.24) is 19.6 Å². The third kappa shape index (κ3) is 4.18. The number of ether oxygens (including phenoxy) is 1. The second kappa shape index (κ2) is 8.35. The van der Waals surface area contributed by atoms with Crippen molar-refractivity contribution in [2.24, 2.45) is 0 Å². The van der Waals surface area contributed by atoms with E-state index >= 15 is 0 Å². The molecule has 0 unspecified atom stereocenters. The Labute approximate surface area is 171 Å². The highest BCUT2D eigenvalue weighted by Crippen LogP contribution is 2.30. The molecular weight excluding hydrogens is 367 g/mol. The van der Waals surface area contributed by atoms with Gasteiger partial charge in [-0.25, -0.2) is 9.07 Å². The zero-order valence-corrected chi connectivity index (χ0v) is 17.2. The van der Waals surface area contributed by atoms with Gasteiger partial charge < -0.3 is 9.64 Å². The number of likely N-dealkylation sites (tertiary alicyclic amines) is 1. The molecule has 3 aromatic rings. The van der Waals surface area contributed by atoms with Crippen LogP contribution in [-0.2, 0) is 6.54 Å². The molecule has 29 heavy (non-hydrogen) atoms. The molecule has 0 amide bonds. The molecule has 0 spiro atoms. The van der Waals surface area contributed by atoms with E-state index in [1.54, 1.807) is 19.2 Å². The fourth-order valence-electron chi connectivity index (χ4n) is 3.90. The SMILES string of the molecule is COc1ccc(-c2nn(-c3ccccc3)cc2CN2CC[C@H](N(C)C)C2)c(F)c1. The summed E-state index contributed by atoms with van der Waals surface area (Å²) in [5.74, 6) is 0.181. The van der Waals surface area contributed by atoms with Crippen molar-refractivity contribution in [1.29, 1.82) is 0 Å². The molecule has 1 aromatic heterocycles. The number of likely N-dealkylation sites (N-methyl/N-ethyl adjacent to an activating group) is 1. The number of benzene rings is 2. The van der Waals surface area contributed by atoms with Gasteiger partial charge in [0.2, 0.25) is 0 Å². The van der Waals surface area contributed by atoms with Crippen molar-refractivity contribution in [3.63, 3.8) is 0 Å². The lowest BCUT2D eigenvalue weighted by molar-refractivity contribution is 0.265. The number of methoxy groups -OCH3 is 1. The minimum atomic E-state index is -0.323. The lowest BCUT2D eigenvalue weighted by Gasteiger charge is -2.20. The largest absolute Gasteiger partial charge is 0.497 e. The minimum absolute atomic E-state index is 0.323. The maximum absolute atomic E-state index is 14.8. The van der Waals surface area contributed by atoms with E-state index in [4.69, 9.17) is 9.84 Å². The van der Waals surface area contributed by atoms with Crippen molar-refractivity contribution >= 4 is 0 Å². The first kappa shape index (κ1) is 19.6. The number of aromatic nitrogens is 2. The lowest BCUT2D eigenvalue weighted by Crippen LogP contribution is -2.31. The molecule has 1 atom stereocenters. The smallest absolute Gasteiger partial charge is 0.136 e. The Kier molecular flexibility index (Phi) is 5.65. The van der Waals surface area contributed by atoms with Gasteiger partial charge in [0, 0.05) is 49.1 Å². The molecule has 1 saturated heterocycles. The van der Waals surface area contributed by atoms with Crippen molar-refractivity contribution in [3.05, 3.63) is 66.1 Å². The fourth-order valence-corrected chi connectivity index (χ4v) is 3.90. The van der Waals surface area contributed by atoms with Crippen LogP contribution in [0.4, 0.5) is 4.39 Å². The van der Waals surface area contributed by atoms with Crippen LogP contribution in [0.2, 0.25) is 0 Å². The van der Waals surface area contributed by atoms with Gasteiger partial charge in [-0.05, 0) is 44.8 Å². The van der Waals surface area contributed by atoms with E-state index in [9.17, 15) is 4.39 Å². The van der Waals surface area contributed by atoms with E-state index in [1.807, 2.05) is 41.2 Å². The average Bonchev–Trinajstić information content (AvgIpc) is 3.36. The van der Waals surface area contributed by atoms with Gasteiger partial charge in [-0.3, -0.25) is 4.90 Å².